The largest absolute Gasteiger partial charge is 0.509 e. The molecule has 2 aliphatic heterocycles. The number of rotatable bonds is 3. The molecule has 2 heterocycles. The highest BCUT2D eigenvalue weighted by Crippen LogP contribution is 2.47. The van der Waals surface area contributed by atoms with Gasteiger partial charge in [0.15, 0.2) is 6.79 Å². The third-order valence-corrected chi connectivity index (χ3v) is 5.20. The van der Waals surface area contributed by atoms with Crippen molar-refractivity contribution in [1.82, 2.24) is 10.1 Å². The number of carbonyl (C=O) groups is 1. The quantitative estimate of drug-likeness (QED) is 0.708. The van der Waals surface area contributed by atoms with E-state index in [2.05, 4.69) is 0 Å². The number of benzene rings is 1. The molecule has 0 aromatic heterocycles. The van der Waals surface area contributed by atoms with Gasteiger partial charge < -0.3 is 15.4 Å². The molecule has 136 valence electrons. The first-order valence-corrected chi connectivity index (χ1v) is 8.42. The Morgan fingerprint density at radius 1 is 1.28 bits per heavy atom. The minimum Gasteiger partial charge on any atom is -0.509 e. The summed E-state index contributed by atoms with van der Waals surface area (Å²) in [6, 6.07) is 3.61. The van der Waals surface area contributed by atoms with Gasteiger partial charge in [-0.25, -0.2) is 9.90 Å². The van der Waals surface area contributed by atoms with E-state index in [1.807, 2.05) is 19.9 Å². The molecule has 0 aliphatic carbocycles. The SMILES string of the molecule is Cc1cc(C)c(C2=C(O)C3(CCN(O)CC3)N(OCO)C2=O)c(Cl)c1. The van der Waals surface area contributed by atoms with Crippen molar-refractivity contribution in [1.29, 1.82) is 0 Å². The molecule has 1 spiro atoms. The molecule has 7 nitrogen and oxygen atoms in total. The Balaban J connectivity index is 2.16. The third-order valence-electron chi connectivity index (χ3n) is 4.90. The second kappa shape index (κ2) is 6.59. The van der Waals surface area contributed by atoms with Gasteiger partial charge in [-0.1, -0.05) is 17.7 Å². The van der Waals surface area contributed by atoms with Crippen LogP contribution in [0.2, 0.25) is 5.02 Å². The summed E-state index contributed by atoms with van der Waals surface area (Å²) in [6.45, 7) is 3.54. The second-order valence-corrected chi connectivity index (χ2v) is 6.91. The average molecular weight is 369 g/mol. The zero-order valence-corrected chi connectivity index (χ0v) is 14.9. The Morgan fingerprint density at radius 3 is 2.48 bits per heavy atom. The molecule has 8 heteroatoms. The summed E-state index contributed by atoms with van der Waals surface area (Å²) >= 11 is 6.37. The smallest absolute Gasteiger partial charge is 0.282 e. The number of hydrogen-bond donors (Lipinski definition) is 3. The van der Waals surface area contributed by atoms with Gasteiger partial charge in [0, 0.05) is 23.7 Å². The van der Waals surface area contributed by atoms with Gasteiger partial charge in [-0.15, -0.1) is 0 Å². The van der Waals surface area contributed by atoms with Gasteiger partial charge in [0.25, 0.3) is 5.91 Å². The minimum absolute atomic E-state index is 0.0855. The maximum atomic E-state index is 13.0. The van der Waals surface area contributed by atoms with Gasteiger partial charge in [-0.2, -0.15) is 5.06 Å². The van der Waals surface area contributed by atoms with Gasteiger partial charge in [-0.3, -0.25) is 4.79 Å². The molecular weight excluding hydrogens is 348 g/mol. The Hall–Kier alpha value is -1.64. The highest BCUT2D eigenvalue weighted by molar-refractivity contribution is 6.35. The fraction of sp³-hybridized carbons (Fsp3) is 0.471. The van der Waals surface area contributed by atoms with Crippen LogP contribution >= 0.6 is 11.6 Å². The van der Waals surface area contributed by atoms with Crippen molar-refractivity contribution >= 4 is 23.1 Å². The van der Waals surface area contributed by atoms with Gasteiger partial charge in [0.05, 0.1) is 5.57 Å². The minimum atomic E-state index is -1.12. The topological polar surface area (TPSA) is 93.5 Å². The lowest BCUT2D eigenvalue weighted by Crippen LogP contribution is -2.54. The normalized spacial score (nSPS) is 20.8. The van der Waals surface area contributed by atoms with Crippen LogP contribution in [-0.2, 0) is 9.63 Å². The fourth-order valence-corrected chi connectivity index (χ4v) is 4.14. The summed E-state index contributed by atoms with van der Waals surface area (Å²) in [5.74, 6) is -0.681. The first-order valence-electron chi connectivity index (χ1n) is 8.05. The van der Waals surface area contributed by atoms with Crippen molar-refractivity contribution in [3.05, 3.63) is 39.6 Å². The van der Waals surface area contributed by atoms with E-state index in [-0.39, 0.29) is 37.3 Å². The number of aliphatic hydroxyl groups excluding tert-OH is 2. The molecule has 3 rings (SSSR count). The summed E-state index contributed by atoms with van der Waals surface area (Å²) in [7, 11) is 0. The highest BCUT2D eigenvalue weighted by Gasteiger charge is 2.55. The maximum absolute atomic E-state index is 13.0. The molecule has 0 saturated carbocycles. The van der Waals surface area contributed by atoms with Crippen LogP contribution in [0.4, 0.5) is 0 Å². The van der Waals surface area contributed by atoms with Gasteiger partial charge in [0.2, 0.25) is 0 Å². The van der Waals surface area contributed by atoms with Gasteiger partial charge >= 0.3 is 0 Å². The summed E-state index contributed by atoms with van der Waals surface area (Å²) in [5, 5.41) is 32.4. The molecule has 1 amide bonds. The van der Waals surface area contributed by atoms with Crippen LogP contribution in [-0.4, -0.2) is 56.9 Å². The zero-order valence-electron chi connectivity index (χ0n) is 14.1. The van der Waals surface area contributed by atoms with E-state index in [0.717, 1.165) is 21.3 Å². The molecule has 1 aromatic rings. The van der Waals surface area contributed by atoms with Crippen LogP contribution in [0.1, 0.15) is 29.5 Å². The van der Waals surface area contributed by atoms with E-state index < -0.39 is 18.2 Å². The Kier molecular flexibility index (Phi) is 4.78. The molecule has 3 N–H and O–H groups in total. The van der Waals surface area contributed by atoms with Crippen molar-refractivity contribution in [2.75, 3.05) is 19.9 Å². The predicted octanol–water partition coefficient (Wildman–Crippen LogP) is 2.17. The number of carbonyl (C=O) groups excluding carboxylic acids is 1. The van der Waals surface area contributed by atoms with Crippen LogP contribution in [0.5, 0.6) is 0 Å². The number of aryl methyl sites for hydroxylation is 2. The monoisotopic (exact) mass is 368 g/mol. The van der Waals surface area contributed by atoms with Crippen molar-refractivity contribution in [2.24, 2.45) is 0 Å². The van der Waals surface area contributed by atoms with E-state index in [9.17, 15) is 20.2 Å². The molecular formula is C17H21ClN2O5. The number of hydrogen-bond acceptors (Lipinski definition) is 6. The van der Waals surface area contributed by atoms with Gasteiger partial charge in [0.1, 0.15) is 11.3 Å². The van der Waals surface area contributed by atoms with Crippen molar-refractivity contribution < 1.29 is 25.1 Å². The van der Waals surface area contributed by atoms with E-state index in [1.54, 1.807) is 6.07 Å². The number of amides is 1. The maximum Gasteiger partial charge on any atom is 0.282 e. The summed E-state index contributed by atoms with van der Waals surface area (Å²) in [6.07, 6.45) is 0.542. The van der Waals surface area contributed by atoms with Crippen molar-refractivity contribution in [2.45, 2.75) is 32.2 Å². The summed E-state index contributed by atoms with van der Waals surface area (Å²) in [5.41, 5.74) is 1.14. The average Bonchev–Trinajstić information content (AvgIpc) is 2.73. The number of hydroxylamine groups is 4. The molecule has 0 atom stereocenters. The van der Waals surface area contributed by atoms with Crippen LogP contribution in [0.25, 0.3) is 5.57 Å². The number of aliphatic hydroxyl groups is 2. The zero-order chi connectivity index (χ0) is 18.4. The number of nitrogens with zero attached hydrogens (tertiary/aromatic N) is 2. The van der Waals surface area contributed by atoms with Crippen LogP contribution in [0.3, 0.4) is 0 Å². The van der Waals surface area contributed by atoms with Crippen LogP contribution in [0, 0.1) is 13.8 Å². The molecule has 25 heavy (non-hydrogen) atoms. The predicted molar refractivity (Wildman–Crippen MR) is 90.8 cm³/mol. The van der Waals surface area contributed by atoms with Crippen LogP contribution in [0.15, 0.2) is 17.9 Å². The molecule has 0 bridgehead atoms. The van der Waals surface area contributed by atoms with E-state index in [1.165, 1.54) is 0 Å². The molecule has 1 fully saturated rings. The van der Waals surface area contributed by atoms with Crippen LogP contribution < -0.4 is 0 Å². The summed E-state index contributed by atoms with van der Waals surface area (Å²) < 4.78 is 0. The van der Waals surface area contributed by atoms with E-state index in [4.69, 9.17) is 16.4 Å². The lowest BCUT2D eigenvalue weighted by atomic mass is 9.85. The first-order chi connectivity index (χ1) is 11.8. The van der Waals surface area contributed by atoms with Gasteiger partial charge in [-0.05, 0) is 43.9 Å². The van der Waals surface area contributed by atoms with E-state index >= 15 is 0 Å². The van der Waals surface area contributed by atoms with Crippen molar-refractivity contribution in [3.63, 3.8) is 0 Å². The Bertz CT molecular complexity index is 718. The fourth-order valence-electron chi connectivity index (χ4n) is 3.73. The lowest BCUT2D eigenvalue weighted by molar-refractivity contribution is -0.253. The molecule has 2 aliphatic rings. The Morgan fingerprint density at radius 2 is 1.92 bits per heavy atom. The standard InChI is InChI=1S/C17H21ClN2O5/c1-10-7-11(2)13(12(18)8-10)14-15(22)17(3-5-19(24)6-4-17)20(16(14)23)25-9-21/h7-8,21-22,24H,3-6,9H2,1-2H3. The summed E-state index contributed by atoms with van der Waals surface area (Å²) in [4.78, 5) is 18.2. The Labute approximate surface area is 150 Å². The number of piperidine rings is 1. The second-order valence-electron chi connectivity index (χ2n) is 6.51. The molecule has 0 radical (unpaired) electrons. The first kappa shape index (κ1) is 18.2. The number of halogens is 1. The van der Waals surface area contributed by atoms with E-state index in [0.29, 0.717) is 10.6 Å². The highest BCUT2D eigenvalue weighted by atomic mass is 35.5. The third kappa shape index (κ3) is 2.82. The molecule has 1 saturated heterocycles. The lowest BCUT2D eigenvalue weighted by Gasteiger charge is -2.41. The van der Waals surface area contributed by atoms with Crippen molar-refractivity contribution in [3.8, 4) is 0 Å². The molecule has 0 unspecified atom stereocenters. The molecule has 1 aromatic carbocycles.